The molecular formula is C10H17N3S. The lowest BCUT2D eigenvalue weighted by atomic mass is 10.0. The topological polar surface area (TPSA) is 37.0 Å². The van der Waals surface area contributed by atoms with Crippen molar-refractivity contribution in [1.82, 2.24) is 15.6 Å². The van der Waals surface area contributed by atoms with E-state index >= 15 is 0 Å². The second-order valence-electron chi connectivity index (χ2n) is 4.19. The van der Waals surface area contributed by atoms with Crippen molar-refractivity contribution in [3.05, 3.63) is 16.1 Å². The van der Waals surface area contributed by atoms with Crippen molar-refractivity contribution in [3.8, 4) is 0 Å². The third kappa shape index (κ3) is 2.32. The molecule has 2 rings (SSSR count). The molecule has 2 N–H and O–H groups in total. The second-order valence-corrected chi connectivity index (χ2v) is 5.51. The van der Waals surface area contributed by atoms with Gasteiger partial charge in [0.05, 0.1) is 5.01 Å². The number of nitrogens with zero attached hydrogens (tertiary/aromatic N) is 1. The molecule has 78 valence electrons. The van der Waals surface area contributed by atoms with Crippen LogP contribution in [0, 0.1) is 6.92 Å². The van der Waals surface area contributed by atoms with Crippen LogP contribution in [0.5, 0.6) is 0 Å². The van der Waals surface area contributed by atoms with Gasteiger partial charge in [-0.15, -0.1) is 11.3 Å². The molecular weight excluding hydrogens is 194 g/mol. The molecule has 0 saturated carbocycles. The summed E-state index contributed by atoms with van der Waals surface area (Å²) in [5.41, 5.74) is 0.276. The SMILES string of the molecule is Cc1ncc(CNC2(C)CCNC2)s1. The van der Waals surface area contributed by atoms with Gasteiger partial charge in [-0.1, -0.05) is 0 Å². The number of thiazole rings is 1. The van der Waals surface area contributed by atoms with Crippen LogP contribution in [-0.2, 0) is 6.54 Å². The van der Waals surface area contributed by atoms with Crippen molar-refractivity contribution in [1.29, 1.82) is 0 Å². The molecule has 0 radical (unpaired) electrons. The fourth-order valence-electron chi connectivity index (χ4n) is 1.76. The zero-order valence-electron chi connectivity index (χ0n) is 8.76. The summed E-state index contributed by atoms with van der Waals surface area (Å²) >= 11 is 1.78. The lowest BCUT2D eigenvalue weighted by molar-refractivity contribution is 0.387. The van der Waals surface area contributed by atoms with Crippen LogP contribution in [0.25, 0.3) is 0 Å². The summed E-state index contributed by atoms with van der Waals surface area (Å²) in [5.74, 6) is 0. The summed E-state index contributed by atoms with van der Waals surface area (Å²) in [6.07, 6.45) is 3.18. The minimum atomic E-state index is 0.276. The smallest absolute Gasteiger partial charge is 0.0897 e. The Morgan fingerprint density at radius 2 is 2.57 bits per heavy atom. The van der Waals surface area contributed by atoms with Crippen molar-refractivity contribution in [2.45, 2.75) is 32.4 Å². The average molecular weight is 211 g/mol. The second kappa shape index (κ2) is 3.96. The third-order valence-electron chi connectivity index (χ3n) is 2.73. The van der Waals surface area contributed by atoms with Gasteiger partial charge < -0.3 is 10.6 Å². The highest BCUT2D eigenvalue weighted by Gasteiger charge is 2.27. The van der Waals surface area contributed by atoms with Crippen molar-refractivity contribution < 1.29 is 0 Å². The van der Waals surface area contributed by atoms with Crippen molar-refractivity contribution in [2.24, 2.45) is 0 Å². The molecule has 1 atom stereocenters. The van der Waals surface area contributed by atoms with E-state index in [1.165, 1.54) is 11.3 Å². The van der Waals surface area contributed by atoms with E-state index in [0.717, 1.165) is 24.6 Å². The quantitative estimate of drug-likeness (QED) is 0.791. The molecule has 0 aliphatic carbocycles. The fourth-order valence-corrected chi connectivity index (χ4v) is 2.49. The van der Waals surface area contributed by atoms with Crippen molar-refractivity contribution in [2.75, 3.05) is 13.1 Å². The normalized spacial score (nSPS) is 27.0. The number of hydrogen-bond donors (Lipinski definition) is 2. The zero-order valence-corrected chi connectivity index (χ0v) is 9.58. The minimum absolute atomic E-state index is 0.276. The number of aromatic nitrogens is 1. The molecule has 1 fully saturated rings. The van der Waals surface area contributed by atoms with Gasteiger partial charge in [-0.05, 0) is 26.8 Å². The molecule has 1 unspecified atom stereocenters. The minimum Gasteiger partial charge on any atom is -0.315 e. The van der Waals surface area contributed by atoms with Gasteiger partial charge in [0.15, 0.2) is 0 Å². The number of aryl methyl sites for hydroxylation is 1. The molecule has 0 aromatic carbocycles. The van der Waals surface area contributed by atoms with Gasteiger partial charge >= 0.3 is 0 Å². The first kappa shape index (κ1) is 10.1. The predicted molar refractivity (Wildman–Crippen MR) is 59.6 cm³/mol. The zero-order chi connectivity index (χ0) is 10.0. The van der Waals surface area contributed by atoms with E-state index in [2.05, 4.69) is 22.5 Å². The first-order chi connectivity index (χ1) is 6.68. The molecule has 1 aromatic heterocycles. The van der Waals surface area contributed by atoms with Gasteiger partial charge in [0.2, 0.25) is 0 Å². The number of hydrogen-bond acceptors (Lipinski definition) is 4. The maximum absolute atomic E-state index is 4.25. The molecule has 0 bridgehead atoms. The average Bonchev–Trinajstić information content (AvgIpc) is 2.73. The Bertz CT molecular complexity index is 302. The summed E-state index contributed by atoms with van der Waals surface area (Å²) in [5, 5.41) is 8.12. The number of nitrogens with one attached hydrogen (secondary N) is 2. The standard InChI is InChI=1S/C10H17N3S/c1-8-12-5-9(14-8)6-13-10(2)3-4-11-7-10/h5,11,13H,3-4,6-7H2,1-2H3. The molecule has 0 spiro atoms. The van der Waals surface area contributed by atoms with E-state index in [1.54, 1.807) is 11.3 Å². The van der Waals surface area contributed by atoms with Crippen molar-refractivity contribution >= 4 is 11.3 Å². The maximum Gasteiger partial charge on any atom is 0.0897 e. The van der Waals surface area contributed by atoms with Gasteiger partial charge in [-0.3, -0.25) is 0 Å². The number of rotatable bonds is 3. The molecule has 2 heterocycles. The fraction of sp³-hybridized carbons (Fsp3) is 0.700. The first-order valence-corrected chi connectivity index (χ1v) is 5.87. The van der Waals surface area contributed by atoms with E-state index < -0.39 is 0 Å². The Hall–Kier alpha value is -0.450. The third-order valence-corrected chi connectivity index (χ3v) is 3.64. The maximum atomic E-state index is 4.25. The van der Waals surface area contributed by atoms with Crippen LogP contribution in [0.1, 0.15) is 23.2 Å². The molecule has 1 aliphatic heterocycles. The van der Waals surface area contributed by atoms with Gasteiger partial charge in [-0.2, -0.15) is 0 Å². The van der Waals surface area contributed by atoms with Crippen molar-refractivity contribution in [3.63, 3.8) is 0 Å². The highest BCUT2D eigenvalue weighted by molar-refractivity contribution is 7.11. The van der Waals surface area contributed by atoms with Crippen LogP contribution >= 0.6 is 11.3 Å². The summed E-state index contributed by atoms with van der Waals surface area (Å²) < 4.78 is 0. The molecule has 4 heteroatoms. The monoisotopic (exact) mass is 211 g/mol. The first-order valence-electron chi connectivity index (χ1n) is 5.05. The molecule has 3 nitrogen and oxygen atoms in total. The van der Waals surface area contributed by atoms with Crippen LogP contribution in [0.3, 0.4) is 0 Å². The molecule has 1 aromatic rings. The predicted octanol–water partition coefficient (Wildman–Crippen LogP) is 1.29. The summed E-state index contributed by atoms with van der Waals surface area (Å²) in [6.45, 7) is 7.48. The Labute approximate surface area is 88.9 Å². The van der Waals surface area contributed by atoms with E-state index in [9.17, 15) is 0 Å². The summed E-state index contributed by atoms with van der Waals surface area (Å²) in [6, 6.07) is 0. The van der Waals surface area contributed by atoms with Crippen LogP contribution in [0.2, 0.25) is 0 Å². The van der Waals surface area contributed by atoms with Crippen LogP contribution in [0.4, 0.5) is 0 Å². The molecule has 14 heavy (non-hydrogen) atoms. The lowest BCUT2D eigenvalue weighted by Gasteiger charge is -2.23. The summed E-state index contributed by atoms with van der Waals surface area (Å²) in [4.78, 5) is 5.58. The lowest BCUT2D eigenvalue weighted by Crippen LogP contribution is -2.43. The Morgan fingerprint density at radius 3 is 3.14 bits per heavy atom. The Balaban J connectivity index is 1.87. The molecule has 0 amide bonds. The van der Waals surface area contributed by atoms with E-state index in [-0.39, 0.29) is 5.54 Å². The van der Waals surface area contributed by atoms with E-state index in [0.29, 0.717) is 0 Å². The Morgan fingerprint density at radius 1 is 1.71 bits per heavy atom. The highest BCUT2D eigenvalue weighted by atomic mass is 32.1. The summed E-state index contributed by atoms with van der Waals surface area (Å²) in [7, 11) is 0. The largest absolute Gasteiger partial charge is 0.315 e. The highest BCUT2D eigenvalue weighted by Crippen LogP contribution is 2.16. The van der Waals surface area contributed by atoms with Gasteiger partial charge in [0, 0.05) is 29.7 Å². The van der Waals surface area contributed by atoms with Crippen LogP contribution < -0.4 is 10.6 Å². The Kier molecular flexibility index (Phi) is 2.85. The van der Waals surface area contributed by atoms with Gasteiger partial charge in [-0.25, -0.2) is 4.98 Å². The van der Waals surface area contributed by atoms with Gasteiger partial charge in [0.1, 0.15) is 0 Å². The van der Waals surface area contributed by atoms with E-state index in [1.807, 2.05) is 13.1 Å². The van der Waals surface area contributed by atoms with E-state index in [4.69, 9.17) is 0 Å². The molecule has 1 saturated heterocycles. The van der Waals surface area contributed by atoms with Gasteiger partial charge in [0.25, 0.3) is 0 Å². The van der Waals surface area contributed by atoms with Crippen LogP contribution in [-0.4, -0.2) is 23.6 Å². The van der Waals surface area contributed by atoms with Crippen LogP contribution in [0.15, 0.2) is 6.20 Å². The molecule has 1 aliphatic rings.